The van der Waals surface area contributed by atoms with Crippen molar-refractivity contribution in [2.45, 2.75) is 19.4 Å². The van der Waals surface area contributed by atoms with Gasteiger partial charge in [0.2, 0.25) is 0 Å². The molecule has 0 saturated heterocycles. The number of hydrogen-bond acceptors (Lipinski definition) is 5. The molecule has 6 nitrogen and oxygen atoms in total. The smallest absolute Gasteiger partial charge is 0.168 e. The molecule has 0 amide bonds. The molecule has 0 aliphatic carbocycles. The van der Waals surface area contributed by atoms with Crippen molar-refractivity contribution in [1.82, 2.24) is 19.7 Å². The lowest BCUT2D eigenvalue weighted by Crippen LogP contribution is -2.28. The molecule has 3 rings (SSSR count). The molecule has 108 valence electrons. The van der Waals surface area contributed by atoms with E-state index >= 15 is 0 Å². The number of fused-ring (bicyclic) bond motifs is 1. The Balaban J connectivity index is 2.04. The van der Waals surface area contributed by atoms with Crippen molar-refractivity contribution in [1.29, 1.82) is 0 Å². The summed E-state index contributed by atoms with van der Waals surface area (Å²) in [7, 11) is 0. The summed E-state index contributed by atoms with van der Waals surface area (Å²) in [4.78, 5) is 8.67. The first kappa shape index (κ1) is 13.5. The Labute approximate surface area is 123 Å². The maximum Gasteiger partial charge on any atom is 0.168 e. The van der Waals surface area contributed by atoms with Gasteiger partial charge in [0, 0.05) is 12.6 Å². The van der Waals surface area contributed by atoms with Crippen LogP contribution in [0.3, 0.4) is 0 Å². The van der Waals surface area contributed by atoms with Gasteiger partial charge in [-0.25, -0.2) is 14.6 Å². The van der Waals surface area contributed by atoms with Crippen molar-refractivity contribution in [2.75, 3.05) is 11.9 Å². The highest BCUT2D eigenvalue weighted by Gasteiger charge is 2.13. The van der Waals surface area contributed by atoms with Crippen LogP contribution in [-0.2, 0) is 0 Å². The topological polar surface area (TPSA) is 81.7 Å². The number of nitrogens with zero attached hydrogens (tertiary/aromatic N) is 4. The summed E-state index contributed by atoms with van der Waals surface area (Å²) in [6, 6.07) is 10.1. The summed E-state index contributed by atoms with van der Waals surface area (Å²) in [6.45, 7) is 2.66. The SMILES string of the molecule is CCC(CN)Nc1ncnc2c1cnn2-c1ccccc1. The second-order valence-electron chi connectivity index (χ2n) is 4.84. The van der Waals surface area contributed by atoms with Crippen LogP contribution in [-0.4, -0.2) is 32.3 Å². The lowest BCUT2D eigenvalue weighted by Gasteiger charge is -2.15. The molecule has 1 atom stereocenters. The first-order valence-electron chi connectivity index (χ1n) is 7.04. The quantitative estimate of drug-likeness (QED) is 0.747. The molecule has 0 radical (unpaired) electrons. The van der Waals surface area contributed by atoms with Gasteiger partial charge >= 0.3 is 0 Å². The van der Waals surface area contributed by atoms with Gasteiger partial charge in [-0.05, 0) is 18.6 Å². The molecular formula is C15H18N6. The fraction of sp³-hybridized carbons (Fsp3) is 0.267. The number of aromatic nitrogens is 4. The zero-order chi connectivity index (χ0) is 14.7. The van der Waals surface area contributed by atoms with E-state index in [1.165, 1.54) is 0 Å². The lowest BCUT2D eigenvalue weighted by atomic mass is 10.2. The van der Waals surface area contributed by atoms with E-state index in [0.29, 0.717) is 6.54 Å². The molecule has 2 aromatic heterocycles. The number of hydrogen-bond donors (Lipinski definition) is 2. The molecular weight excluding hydrogens is 264 g/mol. The largest absolute Gasteiger partial charge is 0.365 e. The van der Waals surface area contributed by atoms with Crippen LogP contribution in [0.1, 0.15) is 13.3 Å². The molecule has 21 heavy (non-hydrogen) atoms. The van der Waals surface area contributed by atoms with Crippen molar-refractivity contribution < 1.29 is 0 Å². The average Bonchev–Trinajstić information content (AvgIpc) is 2.98. The standard InChI is InChI=1S/C15H18N6/c1-2-11(8-16)20-14-13-9-19-21(15(13)18-10-17-14)12-6-4-3-5-7-12/h3-7,9-11H,2,8,16H2,1H3,(H,17,18,20). The zero-order valence-corrected chi connectivity index (χ0v) is 11.9. The van der Waals surface area contributed by atoms with E-state index in [9.17, 15) is 0 Å². The molecule has 0 spiro atoms. The molecule has 2 heterocycles. The fourth-order valence-electron chi connectivity index (χ4n) is 2.24. The Morgan fingerprint density at radius 2 is 2.05 bits per heavy atom. The van der Waals surface area contributed by atoms with E-state index < -0.39 is 0 Å². The summed E-state index contributed by atoms with van der Waals surface area (Å²) in [5.74, 6) is 0.777. The molecule has 1 aromatic carbocycles. The third kappa shape index (κ3) is 2.57. The molecule has 0 bridgehead atoms. The molecule has 0 aliphatic heterocycles. The van der Waals surface area contributed by atoms with Gasteiger partial charge in [0.1, 0.15) is 12.1 Å². The van der Waals surface area contributed by atoms with Crippen LogP contribution >= 0.6 is 0 Å². The van der Waals surface area contributed by atoms with E-state index in [-0.39, 0.29) is 6.04 Å². The minimum Gasteiger partial charge on any atom is -0.365 e. The maximum atomic E-state index is 5.74. The Morgan fingerprint density at radius 1 is 1.24 bits per heavy atom. The number of anilines is 1. The minimum atomic E-state index is 0.197. The normalized spacial score (nSPS) is 12.5. The first-order chi connectivity index (χ1) is 10.3. The number of benzene rings is 1. The monoisotopic (exact) mass is 282 g/mol. The Bertz CT molecular complexity index is 717. The number of para-hydroxylation sites is 1. The van der Waals surface area contributed by atoms with Crippen LogP contribution in [0.2, 0.25) is 0 Å². The van der Waals surface area contributed by atoms with Crippen LogP contribution in [0, 0.1) is 0 Å². The predicted molar refractivity (Wildman–Crippen MR) is 83.4 cm³/mol. The van der Waals surface area contributed by atoms with Gasteiger partial charge in [-0.1, -0.05) is 25.1 Å². The highest BCUT2D eigenvalue weighted by molar-refractivity contribution is 5.87. The summed E-state index contributed by atoms with van der Waals surface area (Å²) in [5.41, 5.74) is 7.50. The highest BCUT2D eigenvalue weighted by atomic mass is 15.3. The highest BCUT2D eigenvalue weighted by Crippen LogP contribution is 2.22. The van der Waals surface area contributed by atoms with E-state index in [2.05, 4.69) is 27.3 Å². The predicted octanol–water partition coefficient (Wildman–Crippen LogP) is 1.96. The van der Waals surface area contributed by atoms with Crippen molar-refractivity contribution >= 4 is 16.9 Å². The van der Waals surface area contributed by atoms with Gasteiger partial charge in [0.15, 0.2) is 5.65 Å². The van der Waals surface area contributed by atoms with Gasteiger partial charge in [-0.15, -0.1) is 0 Å². The zero-order valence-electron chi connectivity index (χ0n) is 11.9. The maximum absolute atomic E-state index is 5.74. The van der Waals surface area contributed by atoms with E-state index in [1.807, 2.05) is 35.0 Å². The van der Waals surface area contributed by atoms with Crippen LogP contribution in [0.5, 0.6) is 0 Å². The molecule has 6 heteroatoms. The van der Waals surface area contributed by atoms with Gasteiger partial charge < -0.3 is 11.1 Å². The molecule has 3 N–H and O–H groups in total. The summed E-state index contributed by atoms with van der Waals surface area (Å²) >= 11 is 0. The van der Waals surface area contributed by atoms with Gasteiger partial charge in [0.25, 0.3) is 0 Å². The van der Waals surface area contributed by atoms with Crippen molar-refractivity contribution in [3.8, 4) is 5.69 Å². The van der Waals surface area contributed by atoms with Crippen LogP contribution < -0.4 is 11.1 Å². The fourth-order valence-corrected chi connectivity index (χ4v) is 2.24. The van der Waals surface area contributed by atoms with Crippen LogP contribution in [0.25, 0.3) is 16.7 Å². The lowest BCUT2D eigenvalue weighted by molar-refractivity contribution is 0.701. The van der Waals surface area contributed by atoms with Gasteiger partial charge in [0.05, 0.1) is 17.3 Å². The van der Waals surface area contributed by atoms with Gasteiger partial charge in [-0.2, -0.15) is 5.10 Å². The second-order valence-corrected chi connectivity index (χ2v) is 4.84. The summed E-state index contributed by atoms with van der Waals surface area (Å²) in [6.07, 6.45) is 4.28. The average molecular weight is 282 g/mol. The first-order valence-corrected chi connectivity index (χ1v) is 7.04. The van der Waals surface area contributed by atoms with E-state index in [0.717, 1.165) is 29.0 Å². The Hall–Kier alpha value is -2.47. The number of nitrogens with two attached hydrogens (primary N) is 1. The molecule has 3 aromatic rings. The third-order valence-corrected chi connectivity index (χ3v) is 3.48. The van der Waals surface area contributed by atoms with E-state index in [4.69, 9.17) is 5.73 Å². The molecule has 0 saturated carbocycles. The van der Waals surface area contributed by atoms with Crippen molar-refractivity contribution in [3.05, 3.63) is 42.9 Å². The molecule has 0 fully saturated rings. The molecule has 1 unspecified atom stereocenters. The van der Waals surface area contributed by atoms with Crippen LogP contribution in [0.4, 0.5) is 5.82 Å². The second kappa shape index (κ2) is 5.88. The Morgan fingerprint density at radius 3 is 2.76 bits per heavy atom. The summed E-state index contributed by atoms with van der Waals surface area (Å²) < 4.78 is 1.81. The summed E-state index contributed by atoms with van der Waals surface area (Å²) in [5, 5.41) is 8.68. The number of rotatable bonds is 5. The molecule has 0 aliphatic rings. The van der Waals surface area contributed by atoms with E-state index in [1.54, 1.807) is 12.5 Å². The third-order valence-electron chi connectivity index (χ3n) is 3.48. The van der Waals surface area contributed by atoms with Crippen molar-refractivity contribution in [2.24, 2.45) is 5.73 Å². The van der Waals surface area contributed by atoms with Crippen molar-refractivity contribution in [3.63, 3.8) is 0 Å². The van der Waals surface area contributed by atoms with Crippen LogP contribution in [0.15, 0.2) is 42.9 Å². The Kier molecular flexibility index (Phi) is 3.79. The van der Waals surface area contributed by atoms with Gasteiger partial charge in [-0.3, -0.25) is 0 Å². The minimum absolute atomic E-state index is 0.197. The number of nitrogens with one attached hydrogen (secondary N) is 1.